The summed E-state index contributed by atoms with van der Waals surface area (Å²) in [6.07, 6.45) is 10.4. The van der Waals surface area contributed by atoms with Crippen molar-refractivity contribution in [3.8, 4) is 0 Å². The molecule has 2 aliphatic carbocycles. The highest BCUT2D eigenvalue weighted by Crippen LogP contribution is 2.53. The maximum Gasteiger partial charge on any atom is 0.191 e. The van der Waals surface area contributed by atoms with Gasteiger partial charge in [-0.05, 0) is 46.0 Å². The third kappa shape index (κ3) is 5.01. The van der Waals surface area contributed by atoms with Crippen molar-refractivity contribution in [2.75, 3.05) is 26.4 Å². The molecule has 2 N–H and O–H groups in total. The first-order valence-corrected chi connectivity index (χ1v) is 10.1. The molecule has 3 fully saturated rings. The summed E-state index contributed by atoms with van der Waals surface area (Å²) >= 11 is 0. The Morgan fingerprint density at radius 3 is 2.48 bits per heavy atom. The average Bonchev–Trinajstić information content (AvgIpc) is 2.62. The van der Waals surface area contributed by atoms with Crippen LogP contribution in [0.3, 0.4) is 0 Å². The maximum absolute atomic E-state index is 6.08. The lowest BCUT2D eigenvalue weighted by Crippen LogP contribution is -2.67. The molecule has 1 spiro atoms. The van der Waals surface area contributed by atoms with Crippen LogP contribution in [0.5, 0.6) is 0 Å². The molecule has 0 bridgehead atoms. The van der Waals surface area contributed by atoms with Gasteiger partial charge in [0.05, 0.1) is 6.10 Å². The van der Waals surface area contributed by atoms with Gasteiger partial charge in [-0.2, -0.15) is 0 Å². The average molecular weight is 465 g/mol. The molecular formula is C19H36IN3O2. The summed E-state index contributed by atoms with van der Waals surface area (Å²) < 4.78 is 11.5. The maximum atomic E-state index is 6.08. The predicted molar refractivity (Wildman–Crippen MR) is 113 cm³/mol. The number of rotatable bonds is 5. The van der Waals surface area contributed by atoms with Gasteiger partial charge in [0.15, 0.2) is 5.96 Å². The summed E-state index contributed by atoms with van der Waals surface area (Å²) in [4.78, 5) is 4.70. The Balaban J connectivity index is 0.00000225. The Bertz CT molecular complexity index is 421. The van der Waals surface area contributed by atoms with Gasteiger partial charge in [-0.1, -0.05) is 19.3 Å². The molecule has 5 nitrogen and oxygen atoms in total. The molecule has 0 amide bonds. The van der Waals surface area contributed by atoms with Crippen molar-refractivity contribution >= 4 is 29.9 Å². The Labute approximate surface area is 170 Å². The molecule has 0 aromatic heterocycles. The number of nitrogens with zero attached hydrogens (tertiary/aromatic N) is 1. The van der Waals surface area contributed by atoms with Gasteiger partial charge in [0.1, 0.15) is 0 Å². The quantitative estimate of drug-likeness (QED) is 0.371. The zero-order valence-electron chi connectivity index (χ0n) is 15.9. The summed E-state index contributed by atoms with van der Waals surface area (Å²) in [5.74, 6) is 0.995. The van der Waals surface area contributed by atoms with Crippen LogP contribution in [-0.4, -0.2) is 50.5 Å². The van der Waals surface area contributed by atoms with Crippen LogP contribution in [0.1, 0.15) is 65.2 Å². The predicted octanol–water partition coefficient (Wildman–Crippen LogP) is 3.47. The van der Waals surface area contributed by atoms with Crippen LogP contribution >= 0.6 is 24.0 Å². The van der Waals surface area contributed by atoms with E-state index >= 15 is 0 Å². The molecule has 3 aliphatic rings. The summed E-state index contributed by atoms with van der Waals surface area (Å²) in [6.45, 7) is 7.58. The van der Waals surface area contributed by atoms with Crippen LogP contribution in [0, 0.1) is 5.41 Å². The highest BCUT2D eigenvalue weighted by molar-refractivity contribution is 14.0. The van der Waals surface area contributed by atoms with Gasteiger partial charge < -0.3 is 20.1 Å². The summed E-state index contributed by atoms with van der Waals surface area (Å²) in [6, 6.07) is 0.994. The minimum atomic E-state index is 0. The standard InChI is InChI=1S/C19H35N3O2.HI/c1-3-20-18(21-15-8-12-23-13-9-15)22-16-14-17(24-4-2)19(16)10-6-5-7-11-19;/h15-17H,3-14H2,1-2H3,(H2,20,21,22);1H. The third-order valence-electron chi connectivity index (χ3n) is 6.13. The Morgan fingerprint density at radius 1 is 1.12 bits per heavy atom. The van der Waals surface area contributed by atoms with Gasteiger partial charge in [0.2, 0.25) is 0 Å². The molecule has 3 rings (SSSR count). The van der Waals surface area contributed by atoms with Crippen LogP contribution in [0.4, 0.5) is 0 Å². The SMILES string of the molecule is CCN=C(NC1CCOCC1)NC1CC(OCC)C12CCCCC2.I. The van der Waals surface area contributed by atoms with E-state index < -0.39 is 0 Å². The molecule has 1 aliphatic heterocycles. The van der Waals surface area contributed by atoms with E-state index in [0.29, 0.717) is 23.6 Å². The van der Waals surface area contributed by atoms with E-state index in [1.54, 1.807) is 0 Å². The Hall–Kier alpha value is -0.0800. The fraction of sp³-hybridized carbons (Fsp3) is 0.947. The second-order valence-corrected chi connectivity index (χ2v) is 7.52. The molecule has 146 valence electrons. The molecule has 2 atom stereocenters. The van der Waals surface area contributed by atoms with Gasteiger partial charge in [0, 0.05) is 43.9 Å². The Morgan fingerprint density at radius 2 is 1.84 bits per heavy atom. The molecule has 1 saturated heterocycles. The highest BCUT2D eigenvalue weighted by atomic mass is 127. The van der Waals surface area contributed by atoms with E-state index in [2.05, 4.69) is 24.5 Å². The normalized spacial score (nSPS) is 29.6. The van der Waals surface area contributed by atoms with Crippen LogP contribution in [0.15, 0.2) is 4.99 Å². The molecule has 0 aromatic rings. The van der Waals surface area contributed by atoms with Crippen molar-refractivity contribution in [2.45, 2.75) is 83.4 Å². The molecule has 6 heteroatoms. The van der Waals surface area contributed by atoms with Crippen LogP contribution in [-0.2, 0) is 9.47 Å². The molecule has 2 saturated carbocycles. The molecule has 25 heavy (non-hydrogen) atoms. The number of nitrogens with one attached hydrogen (secondary N) is 2. The van der Waals surface area contributed by atoms with Gasteiger partial charge in [-0.15, -0.1) is 24.0 Å². The van der Waals surface area contributed by atoms with Crippen molar-refractivity contribution in [3.63, 3.8) is 0 Å². The first-order valence-electron chi connectivity index (χ1n) is 10.1. The molecular weight excluding hydrogens is 429 g/mol. The number of hydrogen-bond donors (Lipinski definition) is 2. The molecule has 1 heterocycles. The third-order valence-corrected chi connectivity index (χ3v) is 6.13. The monoisotopic (exact) mass is 465 g/mol. The number of ether oxygens (including phenoxy) is 2. The second-order valence-electron chi connectivity index (χ2n) is 7.52. The van der Waals surface area contributed by atoms with Crippen LogP contribution < -0.4 is 10.6 Å². The van der Waals surface area contributed by atoms with E-state index in [1.807, 2.05) is 0 Å². The van der Waals surface area contributed by atoms with Gasteiger partial charge in [0.25, 0.3) is 0 Å². The molecule has 2 unspecified atom stereocenters. The number of guanidine groups is 1. The highest BCUT2D eigenvalue weighted by Gasteiger charge is 2.55. The second kappa shape index (κ2) is 10.3. The lowest BCUT2D eigenvalue weighted by molar-refractivity contribution is -0.145. The number of hydrogen-bond acceptors (Lipinski definition) is 3. The lowest BCUT2D eigenvalue weighted by atomic mass is 9.55. The van der Waals surface area contributed by atoms with E-state index in [-0.39, 0.29) is 24.0 Å². The summed E-state index contributed by atoms with van der Waals surface area (Å²) in [5.41, 5.74) is 0.333. The van der Waals surface area contributed by atoms with E-state index in [1.165, 1.54) is 32.1 Å². The topological polar surface area (TPSA) is 54.9 Å². The smallest absolute Gasteiger partial charge is 0.191 e. The van der Waals surface area contributed by atoms with Gasteiger partial charge >= 0.3 is 0 Å². The number of halogens is 1. The minimum Gasteiger partial charge on any atom is -0.381 e. The van der Waals surface area contributed by atoms with Crippen molar-refractivity contribution in [1.82, 2.24) is 10.6 Å². The number of aliphatic imine (C=N–C) groups is 1. The minimum absolute atomic E-state index is 0. The van der Waals surface area contributed by atoms with Gasteiger partial charge in [-0.3, -0.25) is 4.99 Å². The first kappa shape index (κ1) is 21.2. The van der Waals surface area contributed by atoms with Crippen molar-refractivity contribution in [1.29, 1.82) is 0 Å². The zero-order chi connectivity index (χ0) is 16.8. The molecule has 0 aromatic carbocycles. The van der Waals surface area contributed by atoms with E-state index in [0.717, 1.165) is 51.6 Å². The summed E-state index contributed by atoms with van der Waals surface area (Å²) in [7, 11) is 0. The lowest BCUT2D eigenvalue weighted by Gasteiger charge is -2.58. The van der Waals surface area contributed by atoms with Crippen molar-refractivity contribution in [2.24, 2.45) is 10.4 Å². The zero-order valence-corrected chi connectivity index (χ0v) is 18.2. The van der Waals surface area contributed by atoms with Gasteiger partial charge in [-0.25, -0.2) is 0 Å². The first-order chi connectivity index (χ1) is 11.8. The Kier molecular flexibility index (Phi) is 8.75. The van der Waals surface area contributed by atoms with E-state index in [9.17, 15) is 0 Å². The fourth-order valence-corrected chi connectivity index (χ4v) is 4.76. The van der Waals surface area contributed by atoms with Crippen LogP contribution in [0.25, 0.3) is 0 Å². The fourth-order valence-electron chi connectivity index (χ4n) is 4.76. The molecule has 0 radical (unpaired) electrons. The van der Waals surface area contributed by atoms with Crippen LogP contribution in [0.2, 0.25) is 0 Å². The van der Waals surface area contributed by atoms with Crippen molar-refractivity contribution in [3.05, 3.63) is 0 Å². The van der Waals surface area contributed by atoms with Crippen molar-refractivity contribution < 1.29 is 9.47 Å². The summed E-state index contributed by atoms with van der Waals surface area (Å²) in [5, 5.41) is 7.41. The largest absolute Gasteiger partial charge is 0.381 e. The van der Waals surface area contributed by atoms with E-state index in [4.69, 9.17) is 14.5 Å².